The molecule has 0 bridgehead atoms. The molecule has 0 aromatic rings. The Hall–Kier alpha value is 0.660. The fourth-order valence-electron chi connectivity index (χ4n) is 0. The van der Waals surface area contributed by atoms with Crippen LogP contribution in [-0.2, 0) is 22.4 Å². The first-order valence-electron chi connectivity index (χ1n) is 0.577. The van der Waals surface area contributed by atoms with E-state index in [9.17, 15) is 0 Å². The van der Waals surface area contributed by atoms with Crippen LogP contribution in [0.3, 0.4) is 0 Å². The molecule has 0 amide bonds. The first kappa shape index (κ1) is 8.82. The molecule has 31 valence electrons. The Balaban J connectivity index is 0. The maximum atomic E-state index is 8.38. The van der Waals surface area contributed by atoms with E-state index >= 15 is 0 Å². The van der Waals surface area contributed by atoms with E-state index in [0.29, 0.717) is 0 Å². The summed E-state index contributed by atoms with van der Waals surface area (Å²) in [4.78, 5) is 0. The predicted octanol–water partition coefficient (Wildman–Crippen LogP) is -2.34. The van der Waals surface area contributed by atoms with Crippen molar-refractivity contribution in [2.45, 2.75) is 0 Å². The molecule has 0 aromatic carbocycles. The molecule has 0 N–H and O–H groups in total. The van der Waals surface area contributed by atoms with Gasteiger partial charge in [-0.15, -0.1) is 0 Å². The van der Waals surface area contributed by atoms with Gasteiger partial charge in [-0.05, 0) is 0 Å². The van der Waals surface area contributed by atoms with Gasteiger partial charge in [0.05, 0.1) is 0 Å². The van der Waals surface area contributed by atoms with Gasteiger partial charge in [-0.25, -0.2) is 6.79 Å². The van der Waals surface area contributed by atoms with Crippen LogP contribution in [-0.4, -0.2) is 6.79 Å². The van der Waals surface area contributed by atoms with Gasteiger partial charge in [0.1, 0.15) is 0 Å². The van der Waals surface area contributed by atoms with Crippen LogP contribution >= 0.6 is 0 Å². The number of rotatable bonds is 0. The zero-order valence-corrected chi connectivity index (χ0v) is 3.31. The minimum atomic E-state index is -1.25. The summed E-state index contributed by atoms with van der Waals surface area (Å²) in [7, 11) is 0. The summed E-state index contributed by atoms with van der Waals surface area (Å²) in [5, 5.41) is 16.8. The van der Waals surface area contributed by atoms with Gasteiger partial charge in [-0.1, -0.05) is 0 Å². The maximum absolute atomic E-state index is 8.38. The normalized spacial score (nSPS) is 4.50. The van der Waals surface area contributed by atoms with Crippen LogP contribution in [0.1, 0.15) is 0 Å². The second kappa shape index (κ2) is 9.40. The molecule has 0 saturated heterocycles. The molecular formula is CH2AgO2-2. The van der Waals surface area contributed by atoms with Crippen molar-refractivity contribution in [1.82, 2.24) is 0 Å². The molecule has 0 heterocycles. The van der Waals surface area contributed by atoms with Gasteiger partial charge in [0.15, 0.2) is 0 Å². The molecule has 2 nitrogen and oxygen atoms in total. The summed E-state index contributed by atoms with van der Waals surface area (Å²) in [6.45, 7) is -1.25. The standard InChI is InChI=1S/CH2O2.Ag/c2-1-3;/h1H2;/q-2;. The summed E-state index contributed by atoms with van der Waals surface area (Å²) < 4.78 is 0. The van der Waals surface area contributed by atoms with Crippen LogP contribution in [0.15, 0.2) is 0 Å². The van der Waals surface area contributed by atoms with Gasteiger partial charge in [0.25, 0.3) is 0 Å². The van der Waals surface area contributed by atoms with Gasteiger partial charge in [0.2, 0.25) is 0 Å². The van der Waals surface area contributed by atoms with E-state index < -0.39 is 6.79 Å². The zero-order chi connectivity index (χ0) is 2.71. The summed E-state index contributed by atoms with van der Waals surface area (Å²) >= 11 is 0. The first-order valence-corrected chi connectivity index (χ1v) is 0.577. The molecular weight excluding hydrogens is 152 g/mol. The summed E-state index contributed by atoms with van der Waals surface area (Å²) in [5.74, 6) is 0. The second-order valence-electron chi connectivity index (χ2n) is 0.118. The van der Waals surface area contributed by atoms with Crippen LogP contribution in [0.5, 0.6) is 0 Å². The van der Waals surface area contributed by atoms with E-state index in [0.717, 1.165) is 0 Å². The molecule has 0 rings (SSSR count). The van der Waals surface area contributed by atoms with E-state index in [2.05, 4.69) is 0 Å². The first-order chi connectivity index (χ1) is 1.41. The van der Waals surface area contributed by atoms with Crippen LogP contribution in [0.2, 0.25) is 0 Å². The SMILES string of the molecule is [Ag].[O-]C[O-]. The van der Waals surface area contributed by atoms with Crippen molar-refractivity contribution in [3.05, 3.63) is 0 Å². The molecule has 0 spiro atoms. The third-order valence-corrected chi connectivity index (χ3v) is 0. The van der Waals surface area contributed by atoms with Crippen molar-refractivity contribution in [1.29, 1.82) is 0 Å². The number of hydrogen-bond donors (Lipinski definition) is 0. The maximum Gasteiger partial charge on any atom is 0 e. The summed E-state index contributed by atoms with van der Waals surface area (Å²) in [6.07, 6.45) is 0. The van der Waals surface area contributed by atoms with Gasteiger partial charge in [0, 0.05) is 22.4 Å². The third kappa shape index (κ3) is 16.8. The van der Waals surface area contributed by atoms with Crippen molar-refractivity contribution in [2.75, 3.05) is 6.79 Å². The van der Waals surface area contributed by atoms with E-state index in [1.54, 1.807) is 0 Å². The van der Waals surface area contributed by atoms with Gasteiger partial charge < -0.3 is 10.2 Å². The Kier molecular flexibility index (Phi) is 20.7. The van der Waals surface area contributed by atoms with E-state index in [4.69, 9.17) is 10.2 Å². The molecule has 3 heteroatoms. The minimum absolute atomic E-state index is 0. The van der Waals surface area contributed by atoms with Crippen molar-refractivity contribution in [3.8, 4) is 0 Å². The number of hydrogen-bond acceptors (Lipinski definition) is 2. The Bertz CT molecular complexity index is 6.00. The van der Waals surface area contributed by atoms with Crippen LogP contribution in [0.4, 0.5) is 0 Å². The average Bonchev–Trinajstić information content (AvgIpc) is 0.918. The molecule has 0 unspecified atom stereocenters. The van der Waals surface area contributed by atoms with Crippen molar-refractivity contribution >= 4 is 0 Å². The van der Waals surface area contributed by atoms with Gasteiger partial charge in [-0.3, -0.25) is 0 Å². The molecule has 0 aromatic heterocycles. The molecule has 0 fully saturated rings. The smallest absolute Gasteiger partial charge is 0 e. The Morgan fingerprint density at radius 3 is 1.25 bits per heavy atom. The fraction of sp³-hybridized carbons (Fsp3) is 1.00. The Morgan fingerprint density at radius 1 is 1.25 bits per heavy atom. The molecule has 1 radical (unpaired) electrons. The fourth-order valence-corrected chi connectivity index (χ4v) is 0. The van der Waals surface area contributed by atoms with Crippen LogP contribution < -0.4 is 10.2 Å². The summed E-state index contributed by atoms with van der Waals surface area (Å²) in [5.41, 5.74) is 0. The van der Waals surface area contributed by atoms with E-state index in [-0.39, 0.29) is 22.4 Å². The Labute approximate surface area is 40.0 Å². The molecule has 0 aliphatic heterocycles. The zero-order valence-electron chi connectivity index (χ0n) is 1.83. The quantitative estimate of drug-likeness (QED) is 0.290. The molecule has 4 heavy (non-hydrogen) atoms. The van der Waals surface area contributed by atoms with Crippen LogP contribution in [0, 0.1) is 0 Å². The van der Waals surface area contributed by atoms with Crippen molar-refractivity contribution in [2.24, 2.45) is 0 Å². The molecule has 0 atom stereocenters. The predicted molar refractivity (Wildman–Crippen MR) is 4.87 cm³/mol. The third-order valence-electron chi connectivity index (χ3n) is 0. The van der Waals surface area contributed by atoms with Crippen molar-refractivity contribution in [3.63, 3.8) is 0 Å². The van der Waals surface area contributed by atoms with E-state index in [1.807, 2.05) is 0 Å². The minimum Gasteiger partial charge on any atom is -0.868 e. The largest absolute Gasteiger partial charge is 0.868 e. The van der Waals surface area contributed by atoms with E-state index in [1.165, 1.54) is 0 Å². The summed E-state index contributed by atoms with van der Waals surface area (Å²) in [6, 6.07) is 0. The van der Waals surface area contributed by atoms with Crippen molar-refractivity contribution < 1.29 is 32.6 Å². The molecule has 0 aliphatic carbocycles. The van der Waals surface area contributed by atoms with Gasteiger partial charge in [-0.2, -0.15) is 0 Å². The average molecular weight is 154 g/mol. The molecule has 0 saturated carbocycles. The molecule has 0 aliphatic rings. The van der Waals surface area contributed by atoms with Crippen LogP contribution in [0.25, 0.3) is 0 Å². The monoisotopic (exact) mass is 153 g/mol. The topological polar surface area (TPSA) is 46.1 Å². The van der Waals surface area contributed by atoms with Gasteiger partial charge >= 0.3 is 0 Å². The second-order valence-corrected chi connectivity index (χ2v) is 0.118. The Morgan fingerprint density at radius 2 is 1.25 bits per heavy atom.